The van der Waals surface area contributed by atoms with Crippen molar-refractivity contribution in [3.8, 4) is 22.3 Å². The third kappa shape index (κ3) is 4.33. The molecule has 0 aliphatic heterocycles. The molecule has 0 fully saturated rings. The molecule has 2 aliphatic carbocycles. The van der Waals surface area contributed by atoms with Gasteiger partial charge in [0.15, 0.2) is 0 Å². The van der Waals surface area contributed by atoms with E-state index in [0.29, 0.717) is 0 Å². The number of rotatable bonds is 9. The maximum Gasteiger partial charge on any atom is 0.0713 e. The second kappa shape index (κ2) is 11.0. The van der Waals surface area contributed by atoms with E-state index in [0.717, 1.165) is 0 Å². The lowest BCUT2D eigenvalue weighted by molar-refractivity contribution is 0.481. The van der Waals surface area contributed by atoms with E-state index in [-0.39, 0.29) is 10.8 Å². The van der Waals surface area contributed by atoms with E-state index in [1.54, 1.807) is 0 Å². The fraction of sp³-hybridized carbons (Fsp3) is 0.302. The van der Waals surface area contributed by atoms with Gasteiger partial charge in [-0.3, -0.25) is 0 Å². The zero-order valence-electron chi connectivity index (χ0n) is 26.3. The number of benzene rings is 5. The highest BCUT2D eigenvalue weighted by Crippen LogP contribution is 2.60. The van der Waals surface area contributed by atoms with Crippen LogP contribution in [0.3, 0.4) is 0 Å². The first kappa shape index (κ1) is 27.9. The quantitative estimate of drug-likeness (QED) is 0.154. The Labute approximate surface area is 258 Å². The lowest BCUT2D eigenvalue weighted by Crippen LogP contribution is -2.29. The molecule has 216 valence electrons. The van der Waals surface area contributed by atoms with Crippen LogP contribution in [0.4, 0.5) is 0 Å². The van der Waals surface area contributed by atoms with Crippen molar-refractivity contribution >= 4 is 0 Å². The minimum absolute atomic E-state index is 0.0274. The van der Waals surface area contributed by atoms with Gasteiger partial charge in [-0.25, -0.2) is 0 Å². The number of unbranched alkanes of at least 4 members (excludes halogenated alkanes) is 5. The average molecular weight is 561 g/mol. The Balaban J connectivity index is 1.46. The van der Waals surface area contributed by atoms with Crippen molar-refractivity contribution in [2.75, 3.05) is 0 Å². The van der Waals surface area contributed by atoms with Crippen molar-refractivity contribution in [2.45, 2.75) is 83.5 Å². The normalized spacial score (nSPS) is 17.3. The van der Waals surface area contributed by atoms with Gasteiger partial charge in [-0.1, -0.05) is 161 Å². The van der Waals surface area contributed by atoms with Crippen LogP contribution in [-0.2, 0) is 10.8 Å². The minimum Gasteiger partial charge on any atom is -0.0654 e. The summed E-state index contributed by atoms with van der Waals surface area (Å²) in [6, 6.07) is 42.2. The summed E-state index contributed by atoms with van der Waals surface area (Å²) in [6.45, 7) is 9.20. The van der Waals surface area contributed by atoms with Crippen molar-refractivity contribution in [1.82, 2.24) is 0 Å². The molecule has 0 saturated heterocycles. The molecular weight excluding hydrogens is 516 g/mol. The average Bonchev–Trinajstić information content (AvgIpc) is 3.46. The van der Waals surface area contributed by atoms with Gasteiger partial charge in [0.05, 0.1) is 5.41 Å². The summed E-state index contributed by atoms with van der Waals surface area (Å²) < 4.78 is 0. The Kier molecular flexibility index (Phi) is 7.13. The van der Waals surface area contributed by atoms with Gasteiger partial charge in [0.25, 0.3) is 0 Å². The van der Waals surface area contributed by atoms with E-state index in [9.17, 15) is 0 Å². The highest BCUT2D eigenvalue weighted by Gasteiger charge is 2.48. The number of aryl methyl sites for hydroxylation is 2. The Hall–Kier alpha value is -3.90. The first-order chi connectivity index (χ1) is 21.0. The number of fused-ring (bicyclic) bond motifs is 6. The predicted molar refractivity (Wildman–Crippen MR) is 183 cm³/mol. The molecule has 0 bridgehead atoms. The Morgan fingerprint density at radius 1 is 0.465 bits per heavy atom. The minimum atomic E-state index is -0.366. The van der Waals surface area contributed by atoms with Gasteiger partial charge in [-0.15, -0.1) is 0 Å². The molecular formula is C43H44. The zero-order chi connectivity index (χ0) is 29.6. The summed E-state index contributed by atoms with van der Waals surface area (Å²) in [7, 11) is 0. The molecule has 5 aromatic carbocycles. The highest BCUT2D eigenvalue weighted by molar-refractivity contribution is 5.92. The molecule has 1 atom stereocenters. The van der Waals surface area contributed by atoms with Crippen molar-refractivity contribution in [3.63, 3.8) is 0 Å². The van der Waals surface area contributed by atoms with Crippen molar-refractivity contribution in [2.24, 2.45) is 0 Å². The maximum atomic E-state index is 2.60. The first-order valence-electron chi connectivity index (χ1n) is 16.5. The Morgan fingerprint density at radius 2 is 0.953 bits per heavy atom. The van der Waals surface area contributed by atoms with Crippen molar-refractivity contribution in [1.29, 1.82) is 0 Å². The van der Waals surface area contributed by atoms with E-state index >= 15 is 0 Å². The van der Waals surface area contributed by atoms with Gasteiger partial charge in [0.2, 0.25) is 0 Å². The summed E-state index contributed by atoms with van der Waals surface area (Å²) in [5.74, 6) is 0. The molecule has 7 rings (SSSR count). The summed E-state index contributed by atoms with van der Waals surface area (Å²) in [5, 5.41) is 0. The molecule has 0 heterocycles. The van der Waals surface area contributed by atoms with Crippen LogP contribution < -0.4 is 0 Å². The van der Waals surface area contributed by atoms with Gasteiger partial charge in [0.1, 0.15) is 0 Å². The molecule has 0 aromatic heterocycles. The van der Waals surface area contributed by atoms with Crippen LogP contribution in [0.25, 0.3) is 22.3 Å². The summed E-state index contributed by atoms with van der Waals surface area (Å²) in [5.41, 5.74) is 16.4. The Morgan fingerprint density at radius 3 is 1.58 bits per heavy atom. The maximum absolute atomic E-state index is 2.60. The van der Waals surface area contributed by atoms with Crippen molar-refractivity contribution in [3.05, 3.63) is 154 Å². The molecule has 0 spiro atoms. The molecule has 1 unspecified atom stereocenters. The smallest absolute Gasteiger partial charge is 0.0654 e. The van der Waals surface area contributed by atoms with Gasteiger partial charge in [-0.2, -0.15) is 0 Å². The molecule has 2 aliphatic rings. The summed E-state index contributed by atoms with van der Waals surface area (Å²) in [6.07, 6.45) is 9.18. The third-order valence-electron chi connectivity index (χ3n) is 10.6. The molecule has 0 saturated carbocycles. The van der Waals surface area contributed by atoms with Crippen LogP contribution in [0, 0.1) is 13.8 Å². The predicted octanol–water partition coefficient (Wildman–Crippen LogP) is 11.7. The standard InChI is InChI=1S/C43H44/c1-5-6-7-8-9-14-27-42(4)38-17-12-10-15-34(38)36-29-41-37(28-40(36)42)35-16-11-13-18-39(35)43(41,32-23-19-30(2)20-24-32)33-25-21-31(3)22-26-33/h10-13,15-26,28-29H,5-9,14,27H2,1-4H3. The molecule has 43 heavy (non-hydrogen) atoms. The number of hydrogen-bond acceptors (Lipinski definition) is 0. The molecule has 5 aromatic rings. The van der Waals surface area contributed by atoms with E-state index in [4.69, 9.17) is 0 Å². The lowest BCUT2D eigenvalue weighted by Gasteiger charge is -2.34. The van der Waals surface area contributed by atoms with E-state index in [1.165, 1.54) is 112 Å². The zero-order valence-corrected chi connectivity index (χ0v) is 26.3. The van der Waals surface area contributed by atoms with Crippen LogP contribution in [0.1, 0.15) is 103 Å². The fourth-order valence-corrected chi connectivity index (χ4v) is 8.27. The molecule has 0 N–H and O–H groups in total. The third-order valence-corrected chi connectivity index (χ3v) is 10.6. The molecule has 0 amide bonds. The largest absolute Gasteiger partial charge is 0.0713 e. The van der Waals surface area contributed by atoms with Crippen LogP contribution in [-0.4, -0.2) is 0 Å². The second-order valence-corrected chi connectivity index (χ2v) is 13.4. The van der Waals surface area contributed by atoms with Crippen LogP contribution in [0.2, 0.25) is 0 Å². The summed E-state index contributed by atoms with van der Waals surface area (Å²) in [4.78, 5) is 0. The second-order valence-electron chi connectivity index (χ2n) is 13.4. The monoisotopic (exact) mass is 560 g/mol. The SMILES string of the molecule is CCCCCCCCC1(C)c2ccccc2-c2cc3c(cc21)-c1ccccc1C3(c1ccc(C)cc1)c1ccc(C)cc1. The van der Waals surface area contributed by atoms with Gasteiger partial charge in [-0.05, 0) is 88.0 Å². The van der Waals surface area contributed by atoms with Gasteiger partial charge >= 0.3 is 0 Å². The molecule has 0 nitrogen and oxygen atoms in total. The van der Waals surface area contributed by atoms with Crippen LogP contribution in [0.5, 0.6) is 0 Å². The molecule has 0 radical (unpaired) electrons. The van der Waals surface area contributed by atoms with E-state index in [2.05, 4.69) is 137 Å². The fourth-order valence-electron chi connectivity index (χ4n) is 8.27. The van der Waals surface area contributed by atoms with E-state index < -0.39 is 0 Å². The lowest BCUT2D eigenvalue weighted by atomic mass is 9.67. The molecule has 0 heteroatoms. The highest BCUT2D eigenvalue weighted by atomic mass is 14.5. The first-order valence-corrected chi connectivity index (χ1v) is 16.5. The van der Waals surface area contributed by atoms with Gasteiger partial charge < -0.3 is 0 Å². The van der Waals surface area contributed by atoms with E-state index in [1.807, 2.05) is 0 Å². The van der Waals surface area contributed by atoms with Gasteiger partial charge in [0, 0.05) is 5.41 Å². The van der Waals surface area contributed by atoms with Crippen molar-refractivity contribution < 1.29 is 0 Å². The van der Waals surface area contributed by atoms with Crippen LogP contribution >= 0.6 is 0 Å². The summed E-state index contributed by atoms with van der Waals surface area (Å²) >= 11 is 0. The Bertz CT molecular complexity index is 1720. The topological polar surface area (TPSA) is 0 Å². The number of hydrogen-bond donors (Lipinski definition) is 0. The van der Waals surface area contributed by atoms with Crippen LogP contribution in [0.15, 0.2) is 109 Å².